The van der Waals surface area contributed by atoms with E-state index in [0.29, 0.717) is 25.1 Å². The lowest BCUT2D eigenvalue weighted by Gasteiger charge is -2.12. The number of nitrogens with one attached hydrogen (secondary N) is 1. The minimum atomic E-state index is -0.147. The van der Waals surface area contributed by atoms with Gasteiger partial charge in [0.2, 0.25) is 5.91 Å². The van der Waals surface area contributed by atoms with E-state index in [9.17, 15) is 4.79 Å². The van der Waals surface area contributed by atoms with Gasteiger partial charge in [-0.3, -0.25) is 4.79 Å². The summed E-state index contributed by atoms with van der Waals surface area (Å²) in [6, 6.07) is 20.6. The van der Waals surface area contributed by atoms with Crippen LogP contribution in [0, 0.1) is 0 Å². The number of amides is 1. The van der Waals surface area contributed by atoms with Crippen LogP contribution < -0.4 is 5.32 Å². The van der Waals surface area contributed by atoms with Crippen molar-refractivity contribution >= 4 is 5.91 Å². The van der Waals surface area contributed by atoms with Crippen LogP contribution in [0.4, 0.5) is 0 Å². The first-order valence-corrected chi connectivity index (χ1v) is 9.78. The molecule has 0 unspecified atom stereocenters. The normalized spacial score (nSPS) is 10.5. The summed E-state index contributed by atoms with van der Waals surface area (Å²) in [5, 5.41) is 2.97. The Labute approximate surface area is 172 Å². The average Bonchev–Trinajstić information content (AvgIpc) is 3.03. The number of benzene rings is 2. The number of rotatable bonds is 9. The van der Waals surface area contributed by atoms with Gasteiger partial charge in [-0.15, -0.1) is 6.58 Å². The minimum absolute atomic E-state index is 0.147. The van der Waals surface area contributed by atoms with Gasteiger partial charge in [0.15, 0.2) is 0 Å². The van der Waals surface area contributed by atoms with Crippen molar-refractivity contribution in [2.45, 2.75) is 32.9 Å². The van der Waals surface area contributed by atoms with Crippen molar-refractivity contribution in [2.24, 2.45) is 0 Å². The summed E-state index contributed by atoms with van der Waals surface area (Å²) < 4.78 is 2.16. The van der Waals surface area contributed by atoms with E-state index in [1.807, 2.05) is 42.5 Å². The molecule has 2 aromatic carbocycles. The maximum absolute atomic E-state index is 12.1. The molecule has 148 valence electrons. The molecule has 0 saturated heterocycles. The molecule has 0 atom stereocenters. The predicted octanol–water partition coefficient (Wildman–Crippen LogP) is 4.44. The molecule has 0 aliphatic rings. The molecule has 0 bridgehead atoms. The van der Waals surface area contributed by atoms with Gasteiger partial charge in [0.05, 0.1) is 17.9 Å². The van der Waals surface area contributed by atoms with Crippen molar-refractivity contribution in [3.8, 4) is 0 Å². The summed E-state index contributed by atoms with van der Waals surface area (Å²) in [4.78, 5) is 17.1. The van der Waals surface area contributed by atoms with Crippen LogP contribution >= 0.6 is 0 Å². The Bertz CT molecular complexity index is 988. The van der Waals surface area contributed by atoms with Gasteiger partial charge in [-0.25, -0.2) is 4.98 Å². The fourth-order valence-corrected chi connectivity index (χ4v) is 3.29. The summed E-state index contributed by atoms with van der Waals surface area (Å²) in [6.07, 6.45) is 3.31. The first kappa shape index (κ1) is 20.3. The molecule has 3 aromatic rings. The summed E-state index contributed by atoms with van der Waals surface area (Å²) in [7, 11) is 0. The van der Waals surface area contributed by atoms with E-state index in [1.54, 1.807) is 6.92 Å². The van der Waals surface area contributed by atoms with Crippen LogP contribution in [0.5, 0.6) is 0 Å². The molecule has 1 heterocycles. The molecule has 4 nitrogen and oxygen atoms in total. The molecule has 0 radical (unpaired) electrons. The third kappa shape index (κ3) is 5.32. The highest BCUT2D eigenvalue weighted by Crippen LogP contribution is 2.19. The van der Waals surface area contributed by atoms with E-state index in [1.165, 1.54) is 11.1 Å². The number of aromatic nitrogens is 2. The third-order valence-electron chi connectivity index (χ3n) is 4.77. The van der Waals surface area contributed by atoms with Gasteiger partial charge in [0, 0.05) is 25.0 Å². The summed E-state index contributed by atoms with van der Waals surface area (Å²) in [5.74, 6) is 0.827. The highest BCUT2D eigenvalue weighted by Gasteiger charge is 2.18. The van der Waals surface area contributed by atoms with E-state index in [4.69, 9.17) is 4.98 Å². The van der Waals surface area contributed by atoms with Crippen LogP contribution in [0.15, 0.2) is 85.5 Å². The maximum Gasteiger partial charge on any atom is 0.246 e. The van der Waals surface area contributed by atoms with Gasteiger partial charge in [-0.2, -0.15) is 0 Å². The number of nitrogens with zero attached hydrogens (tertiary/aromatic N) is 2. The molecular weight excluding hydrogens is 358 g/mol. The van der Waals surface area contributed by atoms with Gasteiger partial charge in [-0.1, -0.05) is 73.3 Å². The smallest absolute Gasteiger partial charge is 0.246 e. The van der Waals surface area contributed by atoms with E-state index in [0.717, 1.165) is 23.6 Å². The lowest BCUT2D eigenvalue weighted by molar-refractivity contribution is -0.117. The van der Waals surface area contributed by atoms with Crippen LogP contribution in [0.2, 0.25) is 0 Å². The van der Waals surface area contributed by atoms with Crippen LogP contribution in [-0.4, -0.2) is 15.5 Å². The van der Waals surface area contributed by atoms with Crippen molar-refractivity contribution < 1.29 is 4.79 Å². The van der Waals surface area contributed by atoms with E-state index >= 15 is 0 Å². The number of hydrogen-bond donors (Lipinski definition) is 1. The summed E-state index contributed by atoms with van der Waals surface area (Å²) in [6.45, 7) is 10.4. The molecule has 29 heavy (non-hydrogen) atoms. The Kier molecular flexibility index (Phi) is 6.80. The number of carbonyl (C=O) groups excluding carboxylic acids is 1. The fourth-order valence-electron chi connectivity index (χ4n) is 3.29. The van der Waals surface area contributed by atoms with Gasteiger partial charge in [0.1, 0.15) is 5.82 Å². The summed E-state index contributed by atoms with van der Waals surface area (Å²) >= 11 is 0. The second kappa shape index (κ2) is 9.69. The van der Waals surface area contributed by atoms with Crippen LogP contribution in [0.3, 0.4) is 0 Å². The summed E-state index contributed by atoms with van der Waals surface area (Å²) in [5.41, 5.74) is 4.87. The van der Waals surface area contributed by atoms with E-state index < -0.39 is 0 Å². The zero-order valence-corrected chi connectivity index (χ0v) is 16.9. The second-order valence-corrected chi connectivity index (χ2v) is 7.11. The Morgan fingerprint density at radius 1 is 1.03 bits per heavy atom. The molecular formula is C25H27N3O. The van der Waals surface area contributed by atoms with Crippen LogP contribution in [0.1, 0.15) is 35.3 Å². The number of hydrogen-bond acceptors (Lipinski definition) is 2. The number of imidazole rings is 1. The van der Waals surface area contributed by atoms with Gasteiger partial charge < -0.3 is 9.88 Å². The Morgan fingerprint density at radius 2 is 1.62 bits per heavy atom. The van der Waals surface area contributed by atoms with Crippen molar-refractivity contribution in [1.29, 1.82) is 0 Å². The molecule has 0 fully saturated rings. The maximum atomic E-state index is 12.1. The lowest BCUT2D eigenvalue weighted by Crippen LogP contribution is -2.25. The topological polar surface area (TPSA) is 46.9 Å². The predicted molar refractivity (Wildman–Crippen MR) is 118 cm³/mol. The quantitative estimate of drug-likeness (QED) is 0.437. The van der Waals surface area contributed by atoms with Crippen molar-refractivity contribution in [1.82, 2.24) is 14.9 Å². The van der Waals surface area contributed by atoms with E-state index in [-0.39, 0.29) is 5.91 Å². The average molecular weight is 386 g/mol. The molecule has 3 rings (SSSR count). The monoisotopic (exact) mass is 385 g/mol. The minimum Gasteiger partial charge on any atom is -0.347 e. The van der Waals surface area contributed by atoms with Gasteiger partial charge in [0.25, 0.3) is 0 Å². The van der Waals surface area contributed by atoms with Crippen molar-refractivity contribution in [2.75, 3.05) is 0 Å². The highest BCUT2D eigenvalue weighted by molar-refractivity contribution is 5.92. The fraction of sp³-hybridized carbons (Fsp3) is 0.200. The molecule has 0 saturated carbocycles. The first-order valence-electron chi connectivity index (χ1n) is 9.78. The molecule has 0 spiro atoms. The zero-order valence-electron chi connectivity index (χ0n) is 16.9. The Morgan fingerprint density at radius 3 is 2.17 bits per heavy atom. The molecule has 0 aliphatic carbocycles. The molecule has 1 amide bonds. The van der Waals surface area contributed by atoms with Gasteiger partial charge in [-0.05, 0) is 18.1 Å². The van der Waals surface area contributed by atoms with Crippen molar-refractivity contribution in [3.63, 3.8) is 0 Å². The molecule has 4 heteroatoms. The highest BCUT2D eigenvalue weighted by atomic mass is 16.1. The van der Waals surface area contributed by atoms with E-state index in [2.05, 4.69) is 47.3 Å². The van der Waals surface area contributed by atoms with Crippen LogP contribution in [-0.2, 0) is 30.7 Å². The largest absolute Gasteiger partial charge is 0.347 e. The second-order valence-electron chi connectivity index (χ2n) is 7.11. The number of allylic oxidation sites excluding steroid dienone is 1. The lowest BCUT2D eigenvalue weighted by atomic mass is 10.1. The molecule has 1 aromatic heterocycles. The van der Waals surface area contributed by atoms with Crippen LogP contribution in [0.25, 0.3) is 0 Å². The number of carbonyl (C=O) groups is 1. The molecule has 1 N–H and O–H groups in total. The third-order valence-corrected chi connectivity index (χ3v) is 4.77. The molecule has 0 aliphatic heterocycles. The Balaban J connectivity index is 1.98. The van der Waals surface area contributed by atoms with Crippen molar-refractivity contribution in [3.05, 3.63) is 114 Å². The SMILES string of the molecule is C=CCn1c(Cc2ccccc2)nc(Cc2ccccc2)c1CNC(=O)C(=C)C. The standard InChI is InChI=1S/C25H27N3O/c1-4-15-28-23(18-26-25(29)19(2)3)22(16-20-11-7-5-8-12-20)27-24(28)17-21-13-9-6-10-14-21/h4-14H,1-2,15-18H2,3H3,(H,26,29). The zero-order chi connectivity index (χ0) is 20.6. The Hall–Kier alpha value is -3.40. The van der Waals surface area contributed by atoms with Gasteiger partial charge >= 0.3 is 0 Å². The first-order chi connectivity index (χ1) is 14.1.